The summed E-state index contributed by atoms with van der Waals surface area (Å²) in [6, 6.07) is -0.171. The maximum Gasteiger partial charge on any atom is 0.416 e. The lowest BCUT2D eigenvalue weighted by Gasteiger charge is -2.35. The first-order valence-corrected chi connectivity index (χ1v) is 7.53. The highest BCUT2D eigenvalue weighted by Crippen LogP contribution is 2.45. The van der Waals surface area contributed by atoms with Gasteiger partial charge in [-0.15, -0.1) is 6.58 Å². The highest BCUT2D eigenvalue weighted by molar-refractivity contribution is 5.49. The average Bonchev–Trinajstić information content (AvgIpc) is 2.54. The third kappa shape index (κ3) is 4.27. The van der Waals surface area contributed by atoms with Crippen LogP contribution >= 0.6 is 0 Å². The molecule has 0 saturated carbocycles. The van der Waals surface area contributed by atoms with Crippen molar-refractivity contribution in [3.8, 4) is 5.75 Å². The summed E-state index contributed by atoms with van der Waals surface area (Å²) in [5.41, 5.74) is -3.11. The van der Waals surface area contributed by atoms with Gasteiger partial charge in [0.25, 0.3) is 0 Å². The van der Waals surface area contributed by atoms with E-state index in [2.05, 4.69) is 11.9 Å². The summed E-state index contributed by atoms with van der Waals surface area (Å²) in [5, 5.41) is 3.07. The van der Waals surface area contributed by atoms with Crippen molar-refractivity contribution >= 4 is 0 Å². The van der Waals surface area contributed by atoms with E-state index in [9.17, 15) is 26.3 Å². The molecule has 2 rings (SSSR count). The second-order valence-corrected chi connectivity index (χ2v) is 5.60. The van der Waals surface area contributed by atoms with Gasteiger partial charge >= 0.3 is 12.4 Å². The van der Waals surface area contributed by atoms with Gasteiger partial charge in [0.1, 0.15) is 5.75 Å². The number of hydrogen-bond donors (Lipinski definition) is 1. The molecule has 140 valence electrons. The first-order chi connectivity index (χ1) is 11.6. The standard InChI is InChI=1S/C16H18F6N2O/c1-3-12(24-6-4-23-5-7-24)14-11(16(20,21)22)8-10(15(17,18)19)9-13(14)25-2/h3,8-9,12,23H,1,4-7H2,2H3/t12-/m0/s1. The Labute approximate surface area is 141 Å². The first kappa shape index (κ1) is 19.6. The minimum Gasteiger partial charge on any atom is -0.496 e. The van der Waals surface area contributed by atoms with Crippen LogP contribution in [0.15, 0.2) is 24.8 Å². The van der Waals surface area contributed by atoms with E-state index in [1.54, 1.807) is 4.90 Å². The van der Waals surface area contributed by atoms with Gasteiger partial charge in [-0.3, -0.25) is 4.90 Å². The predicted octanol–water partition coefficient (Wildman–Crippen LogP) is 3.87. The summed E-state index contributed by atoms with van der Waals surface area (Å²) in [4.78, 5) is 1.73. The lowest BCUT2D eigenvalue weighted by molar-refractivity contribution is -0.144. The zero-order valence-electron chi connectivity index (χ0n) is 13.5. The van der Waals surface area contributed by atoms with Crippen molar-refractivity contribution in [2.24, 2.45) is 0 Å². The van der Waals surface area contributed by atoms with Gasteiger partial charge in [0.05, 0.1) is 24.3 Å². The Morgan fingerprint density at radius 2 is 1.72 bits per heavy atom. The monoisotopic (exact) mass is 368 g/mol. The van der Waals surface area contributed by atoms with E-state index >= 15 is 0 Å². The van der Waals surface area contributed by atoms with Gasteiger partial charge in [-0.25, -0.2) is 0 Å². The Balaban J connectivity index is 2.66. The second-order valence-electron chi connectivity index (χ2n) is 5.60. The fourth-order valence-electron chi connectivity index (χ4n) is 2.91. The summed E-state index contributed by atoms with van der Waals surface area (Å²) >= 11 is 0. The first-order valence-electron chi connectivity index (χ1n) is 7.53. The van der Waals surface area contributed by atoms with Gasteiger partial charge in [0.2, 0.25) is 0 Å². The molecule has 1 atom stereocenters. The van der Waals surface area contributed by atoms with Crippen molar-refractivity contribution < 1.29 is 31.1 Å². The van der Waals surface area contributed by atoms with Crippen molar-refractivity contribution in [3.05, 3.63) is 41.5 Å². The lowest BCUT2D eigenvalue weighted by Crippen LogP contribution is -2.45. The van der Waals surface area contributed by atoms with E-state index in [0.717, 1.165) is 7.11 Å². The maximum atomic E-state index is 13.5. The van der Waals surface area contributed by atoms with Crippen LogP contribution in [0.25, 0.3) is 0 Å². The Morgan fingerprint density at radius 1 is 1.12 bits per heavy atom. The summed E-state index contributed by atoms with van der Waals surface area (Å²) in [6.45, 7) is 5.59. The summed E-state index contributed by atoms with van der Waals surface area (Å²) in [6.07, 6.45) is -8.57. The van der Waals surface area contributed by atoms with E-state index in [-0.39, 0.29) is 11.6 Å². The molecule has 0 amide bonds. The minimum absolute atomic E-state index is 0.135. The molecule has 0 aromatic heterocycles. The van der Waals surface area contributed by atoms with Gasteiger partial charge in [-0.05, 0) is 12.1 Å². The predicted molar refractivity (Wildman–Crippen MR) is 80.4 cm³/mol. The Hall–Kier alpha value is -1.74. The third-order valence-corrected chi connectivity index (χ3v) is 4.06. The fraction of sp³-hybridized carbons (Fsp3) is 0.500. The third-order valence-electron chi connectivity index (χ3n) is 4.06. The van der Waals surface area contributed by atoms with Crippen LogP contribution in [0, 0.1) is 0 Å². The van der Waals surface area contributed by atoms with Crippen LogP contribution < -0.4 is 10.1 Å². The van der Waals surface area contributed by atoms with Gasteiger partial charge in [0.15, 0.2) is 0 Å². The van der Waals surface area contributed by atoms with Crippen LogP contribution in [-0.2, 0) is 12.4 Å². The van der Waals surface area contributed by atoms with Crippen LogP contribution in [0.2, 0.25) is 0 Å². The van der Waals surface area contributed by atoms with E-state index in [1.165, 1.54) is 6.08 Å². The van der Waals surface area contributed by atoms with Crippen molar-refractivity contribution in [3.63, 3.8) is 0 Å². The highest BCUT2D eigenvalue weighted by atomic mass is 19.4. The maximum absolute atomic E-state index is 13.5. The van der Waals surface area contributed by atoms with Gasteiger partial charge in [0, 0.05) is 31.7 Å². The largest absolute Gasteiger partial charge is 0.496 e. The van der Waals surface area contributed by atoms with Crippen molar-refractivity contribution in [1.82, 2.24) is 10.2 Å². The number of benzene rings is 1. The molecular formula is C16H18F6N2O. The van der Waals surface area contributed by atoms with Crippen molar-refractivity contribution in [1.29, 1.82) is 0 Å². The topological polar surface area (TPSA) is 24.5 Å². The Morgan fingerprint density at radius 3 is 2.16 bits per heavy atom. The molecule has 9 heteroatoms. The quantitative estimate of drug-likeness (QED) is 0.645. The minimum atomic E-state index is -4.96. The number of halogens is 6. The molecule has 1 aromatic rings. The molecule has 0 spiro atoms. The molecule has 1 N–H and O–H groups in total. The fourth-order valence-corrected chi connectivity index (χ4v) is 2.91. The second kappa shape index (κ2) is 7.25. The Bertz CT molecular complexity index is 620. The zero-order valence-corrected chi connectivity index (χ0v) is 13.5. The molecule has 1 saturated heterocycles. The molecular weight excluding hydrogens is 350 g/mol. The number of piperazine rings is 1. The van der Waals surface area contributed by atoms with Crippen LogP contribution in [0.4, 0.5) is 26.3 Å². The number of hydrogen-bond acceptors (Lipinski definition) is 3. The molecule has 1 aliphatic heterocycles. The van der Waals surface area contributed by atoms with Crippen LogP contribution in [-0.4, -0.2) is 38.2 Å². The molecule has 0 aliphatic carbocycles. The summed E-state index contributed by atoms with van der Waals surface area (Å²) < 4.78 is 84.4. The molecule has 1 aliphatic rings. The van der Waals surface area contributed by atoms with Gasteiger partial charge in [-0.1, -0.05) is 6.08 Å². The number of ether oxygens (including phenoxy) is 1. The number of nitrogens with zero attached hydrogens (tertiary/aromatic N) is 1. The normalized spacial score (nSPS) is 18.0. The SMILES string of the molecule is C=C[C@@H](c1c(OC)cc(C(F)(F)F)cc1C(F)(F)F)N1CCNCC1. The molecule has 1 fully saturated rings. The van der Waals surface area contributed by atoms with E-state index in [4.69, 9.17) is 4.74 Å². The molecule has 1 aromatic carbocycles. The Kier molecular flexibility index (Phi) is 5.68. The molecule has 25 heavy (non-hydrogen) atoms. The number of alkyl halides is 6. The molecule has 1 heterocycles. The number of nitrogens with one attached hydrogen (secondary N) is 1. The van der Waals surface area contributed by atoms with Gasteiger partial charge < -0.3 is 10.1 Å². The number of methoxy groups -OCH3 is 1. The van der Waals surface area contributed by atoms with Crippen LogP contribution in [0.1, 0.15) is 22.7 Å². The molecule has 3 nitrogen and oxygen atoms in total. The van der Waals surface area contributed by atoms with Crippen molar-refractivity contribution in [2.75, 3.05) is 33.3 Å². The van der Waals surface area contributed by atoms with Crippen molar-refractivity contribution in [2.45, 2.75) is 18.4 Å². The highest BCUT2D eigenvalue weighted by Gasteiger charge is 2.42. The zero-order chi connectivity index (χ0) is 18.8. The molecule has 0 radical (unpaired) electrons. The van der Waals surface area contributed by atoms with Crippen LogP contribution in [0.5, 0.6) is 5.75 Å². The van der Waals surface area contributed by atoms with E-state index in [1.807, 2.05) is 0 Å². The molecule has 0 bridgehead atoms. The van der Waals surface area contributed by atoms with E-state index < -0.39 is 35.3 Å². The average molecular weight is 368 g/mol. The van der Waals surface area contributed by atoms with E-state index in [0.29, 0.717) is 32.2 Å². The lowest BCUT2D eigenvalue weighted by atomic mass is 9.94. The van der Waals surface area contributed by atoms with Crippen LogP contribution in [0.3, 0.4) is 0 Å². The number of rotatable bonds is 4. The smallest absolute Gasteiger partial charge is 0.416 e. The molecule has 0 unspecified atom stereocenters. The van der Waals surface area contributed by atoms with Gasteiger partial charge in [-0.2, -0.15) is 26.3 Å². The summed E-state index contributed by atoms with van der Waals surface area (Å²) in [7, 11) is 1.05. The summed E-state index contributed by atoms with van der Waals surface area (Å²) in [5.74, 6) is -0.453.